The fourth-order valence-corrected chi connectivity index (χ4v) is 6.24. The molecule has 1 amide bonds. The van der Waals surface area contributed by atoms with Gasteiger partial charge in [0, 0.05) is 31.1 Å². The van der Waals surface area contributed by atoms with Crippen LogP contribution in [-0.2, 0) is 9.53 Å². The number of benzene rings is 1. The van der Waals surface area contributed by atoms with Crippen LogP contribution in [0.3, 0.4) is 0 Å². The van der Waals surface area contributed by atoms with Crippen LogP contribution in [0.4, 0.5) is 4.39 Å². The van der Waals surface area contributed by atoms with Crippen molar-refractivity contribution in [2.45, 2.75) is 77.4 Å². The smallest absolute Gasteiger partial charge is 0.326 e. The third kappa shape index (κ3) is 5.11. The van der Waals surface area contributed by atoms with Crippen molar-refractivity contribution >= 4 is 11.9 Å². The zero-order valence-electron chi connectivity index (χ0n) is 21.3. The number of likely N-dealkylation sites (tertiary alicyclic amines) is 1. The second-order valence-corrected chi connectivity index (χ2v) is 11.1. The Morgan fingerprint density at radius 2 is 2.00 bits per heavy atom. The predicted molar refractivity (Wildman–Crippen MR) is 131 cm³/mol. The summed E-state index contributed by atoms with van der Waals surface area (Å²) in [7, 11) is 1.50. The first-order valence-electron chi connectivity index (χ1n) is 12.8. The van der Waals surface area contributed by atoms with E-state index in [-0.39, 0.29) is 23.4 Å². The van der Waals surface area contributed by atoms with Crippen LogP contribution in [0.25, 0.3) is 0 Å². The Bertz CT molecular complexity index is 1010. The van der Waals surface area contributed by atoms with Gasteiger partial charge in [-0.1, -0.05) is 32.9 Å². The molecule has 1 aliphatic heterocycles. The SMILES string of the molecule is C=C1CC(C)CC(CC)(COc2cc(F)c(C(=O)N3C[C@@H](OC)[C@H](C)[C@H]3C(=O)O)cc2C2CC2)C1. The molecule has 2 unspecified atom stereocenters. The van der Waals surface area contributed by atoms with Gasteiger partial charge in [0.1, 0.15) is 17.6 Å². The molecule has 2 aliphatic carbocycles. The second-order valence-electron chi connectivity index (χ2n) is 11.1. The third-order valence-electron chi connectivity index (χ3n) is 8.29. The molecule has 192 valence electrons. The lowest BCUT2D eigenvalue weighted by Gasteiger charge is -2.40. The number of hydrogen-bond donors (Lipinski definition) is 1. The molecular weight excluding hydrogens is 449 g/mol. The third-order valence-corrected chi connectivity index (χ3v) is 8.29. The van der Waals surface area contributed by atoms with Crippen molar-refractivity contribution in [3.05, 3.63) is 41.2 Å². The maximum absolute atomic E-state index is 15.4. The molecule has 0 bridgehead atoms. The van der Waals surface area contributed by atoms with E-state index in [1.54, 1.807) is 13.0 Å². The van der Waals surface area contributed by atoms with Gasteiger partial charge in [-0.15, -0.1) is 0 Å². The van der Waals surface area contributed by atoms with Gasteiger partial charge in [0.05, 0.1) is 18.3 Å². The number of carboxylic acid groups (broad SMARTS) is 1. The zero-order valence-corrected chi connectivity index (χ0v) is 21.3. The average Bonchev–Trinajstić information content (AvgIpc) is 3.58. The Balaban J connectivity index is 1.60. The molecule has 1 aromatic rings. The molecule has 0 spiro atoms. The largest absolute Gasteiger partial charge is 0.493 e. The topological polar surface area (TPSA) is 76.1 Å². The lowest BCUT2D eigenvalue weighted by molar-refractivity contribution is -0.142. The minimum Gasteiger partial charge on any atom is -0.493 e. The Kier molecular flexibility index (Phi) is 7.28. The van der Waals surface area contributed by atoms with E-state index in [4.69, 9.17) is 9.47 Å². The van der Waals surface area contributed by atoms with Gasteiger partial charge in [0.2, 0.25) is 0 Å². The number of hydrogen-bond acceptors (Lipinski definition) is 4. The van der Waals surface area contributed by atoms with Crippen LogP contribution in [0.2, 0.25) is 0 Å². The van der Waals surface area contributed by atoms with Gasteiger partial charge in [-0.05, 0) is 62.0 Å². The quantitative estimate of drug-likeness (QED) is 0.496. The summed E-state index contributed by atoms with van der Waals surface area (Å²) in [6, 6.07) is 1.86. The predicted octanol–water partition coefficient (Wildman–Crippen LogP) is 5.41. The van der Waals surface area contributed by atoms with Crippen molar-refractivity contribution < 1.29 is 28.6 Å². The number of carboxylic acids is 1. The van der Waals surface area contributed by atoms with Gasteiger partial charge >= 0.3 is 5.97 Å². The van der Waals surface area contributed by atoms with Crippen LogP contribution in [0.5, 0.6) is 5.75 Å². The minimum absolute atomic E-state index is 0.0178. The maximum atomic E-state index is 15.4. The number of carbonyl (C=O) groups is 2. The molecule has 1 heterocycles. The van der Waals surface area contributed by atoms with Gasteiger partial charge < -0.3 is 19.5 Å². The number of halogens is 1. The highest BCUT2D eigenvalue weighted by molar-refractivity contribution is 5.97. The van der Waals surface area contributed by atoms with E-state index < -0.39 is 35.8 Å². The molecule has 1 N–H and O–H groups in total. The number of ether oxygens (including phenoxy) is 2. The van der Waals surface area contributed by atoms with Crippen molar-refractivity contribution in [1.29, 1.82) is 0 Å². The van der Waals surface area contributed by atoms with Crippen LogP contribution >= 0.6 is 0 Å². The molecule has 4 rings (SSSR count). The second kappa shape index (κ2) is 9.92. The highest BCUT2D eigenvalue weighted by Crippen LogP contribution is 2.48. The number of methoxy groups -OCH3 is 1. The summed E-state index contributed by atoms with van der Waals surface area (Å²) in [4.78, 5) is 26.5. The highest BCUT2D eigenvalue weighted by atomic mass is 19.1. The first-order chi connectivity index (χ1) is 16.6. The van der Waals surface area contributed by atoms with Crippen molar-refractivity contribution in [2.75, 3.05) is 20.3 Å². The molecule has 3 fully saturated rings. The Morgan fingerprint density at radius 1 is 1.29 bits per heavy atom. The average molecular weight is 488 g/mol. The number of allylic oxidation sites excluding steroid dienone is 1. The first kappa shape index (κ1) is 25.7. The van der Waals surface area contributed by atoms with E-state index in [2.05, 4.69) is 20.4 Å². The van der Waals surface area contributed by atoms with Gasteiger partial charge in [-0.25, -0.2) is 9.18 Å². The van der Waals surface area contributed by atoms with Crippen LogP contribution in [0.1, 0.15) is 81.1 Å². The van der Waals surface area contributed by atoms with Gasteiger partial charge in [0.25, 0.3) is 5.91 Å². The number of nitrogens with zero attached hydrogens (tertiary/aromatic N) is 1. The Labute approximate surface area is 207 Å². The molecule has 3 aliphatic rings. The van der Waals surface area contributed by atoms with Crippen LogP contribution in [0.15, 0.2) is 24.3 Å². The monoisotopic (exact) mass is 487 g/mol. The van der Waals surface area contributed by atoms with Crippen LogP contribution in [0, 0.1) is 23.1 Å². The number of carbonyl (C=O) groups excluding carboxylic acids is 1. The molecule has 2 saturated carbocycles. The molecule has 7 heteroatoms. The lowest BCUT2D eigenvalue weighted by atomic mass is 9.67. The van der Waals surface area contributed by atoms with Gasteiger partial charge in [-0.2, -0.15) is 0 Å². The fourth-order valence-electron chi connectivity index (χ4n) is 6.24. The molecule has 6 nitrogen and oxygen atoms in total. The molecular formula is C28H38FNO5. The first-order valence-corrected chi connectivity index (χ1v) is 12.8. The summed E-state index contributed by atoms with van der Waals surface area (Å²) in [5.74, 6) is -1.53. The molecule has 0 aromatic heterocycles. The summed E-state index contributed by atoms with van der Waals surface area (Å²) in [6.07, 6.45) is 5.47. The number of rotatable bonds is 8. The Hall–Kier alpha value is -2.41. The lowest BCUT2D eigenvalue weighted by Crippen LogP contribution is -2.43. The van der Waals surface area contributed by atoms with E-state index in [1.165, 1.54) is 23.6 Å². The van der Waals surface area contributed by atoms with E-state index in [1.807, 2.05) is 0 Å². The summed E-state index contributed by atoms with van der Waals surface area (Å²) < 4.78 is 27.1. The summed E-state index contributed by atoms with van der Waals surface area (Å²) in [5.41, 5.74) is 1.96. The zero-order chi connectivity index (χ0) is 25.5. The number of aliphatic carboxylic acids is 1. The molecule has 35 heavy (non-hydrogen) atoms. The van der Waals surface area contributed by atoms with E-state index in [0.717, 1.165) is 44.1 Å². The summed E-state index contributed by atoms with van der Waals surface area (Å²) >= 11 is 0. The van der Waals surface area contributed by atoms with Crippen molar-refractivity contribution in [3.63, 3.8) is 0 Å². The Morgan fingerprint density at radius 3 is 2.57 bits per heavy atom. The molecule has 1 saturated heterocycles. The molecule has 5 atom stereocenters. The van der Waals surface area contributed by atoms with Crippen molar-refractivity contribution in [2.24, 2.45) is 17.3 Å². The van der Waals surface area contributed by atoms with E-state index in [9.17, 15) is 14.7 Å². The summed E-state index contributed by atoms with van der Waals surface area (Å²) in [5, 5.41) is 9.74. The van der Waals surface area contributed by atoms with E-state index in [0.29, 0.717) is 18.3 Å². The minimum atomic E-state index is -1.11. The van der Waals surface area contributed by atoms with Crippen molar-refractivity contribution in [3.8, 4) is 5.75 Å². The van der Waals surface area contributed by atoms with Gasteiger partial charge in [0.15, 0.2) is 0 Å². The molecule has 0 radical (unpaired) electrons. The van der Waals surface area contributed by atoms with Crippen molar-refractivity contribution in [1.82, 2.24) is 4.90 Å². The van der Waals surface area contributed by atoms with Crippen LogP contribution in [-0.4, -0.2) is 54.3 Å². The van der Waals surface area contributed by atoms with Crippen LogP contribution < -0.4 is 4.74 Å². The normalized spacial score (nSPS) is 31.0. The maximum Gasteiger partial charge on any atom is 0.326 e. The highest BCUT2D eigenvalue weighted by Gasteiger charge is 2.47. The number of amides is 1. The fraction of sp³-hybridized carbons (Fsp3) is 0.643. The van der Waals surface area contributed by atoms with Gasteiger partial charge in [-0.3, -0.25) is 4.79 Å². The summed E-state index contributed by atoms with van der Waals surface area (Å²) in [6.45, 7) is 11.0. The van der Waals surface area contributed by atoms with E-state index >= 15 is 4.39 Å². The standard InChI is InChI=1S/C28H38FNO5/c1-6-28(12-16(2)9-17(3)13-28)15-35-23-11-22(29)21(10-20(23)19-7-8-19)26(31)30-14-24(34-5)18(4)25(30)27(32)33/h10-11,17-19,24-25H,2,6-9,12-15H2,1,3-5H3,(H,32,33)/t17?,18-,24+,25-,28?/m0/s1. The molecule has 1 aromatic carbocycles.